The van der Waals surface area contributed by atoms with Gasteiger partial charge >= 0.3 is 0 Å². The SMILES string of the molecule is Cc1ccc(-c2nc(CSCc3nc(-c4cccs4)no3)cs2)cc1. The molecule has 3 aromatic heterocycles. The van der Waals surface area contributed by atoms with E-state index in [2.05, 4.69) is 46.7 Å². The summed E-state index contributed by atoms with van der Waals surface area (Å²) in [7, 11) is 0. The molecule has 1 aromatic carbocycles. The summed E-state index contributed by atoms with van der Waals surface area (Å²) in [5, 5.41) is 9.22. The third kappa shape index (κ3) is 4.00. The number of aromatic nitrogens is 3. The number of thioether (sulfide) groups is 1. The lowest BCUT2D eigenvalue weighted by Gasteiger charge is -1.97. The first kappa shape index (κ1) is 16.5. The zero-order valence-electron chi connectivity index (χ0n) is 13.5. The first-order valence-electron chi connectivity index (χ1n) is 7.73. The first-order chi connectivity index (χ1) is 12.3. The van der Waals surface area contributed by atoms with Gasteiger partial charge in [0.1, 0.15) is 5.01 Å². The lowest BCUT2D eigenvalue weighted by Crippen LogP contribution is -1.85. The molecule has 0 saturated heterocycles. The van der Waals surface area contributed by atoms with E-state index < -0.39 is 0 Å². The van der Waals surface area contributed by atoms with Gasteiger partial charge in [-0.25, -0.2) is 4.98 Å². The fraction of sp³-hybridized carbons (Fsp3) is 0.167. The highest BCUT2D eigenvalue weighted by molar-refractivity contribution is 7.97. The minimum Gasteiger partial charge on any atom is -0.338 e. The van der Waals surface area contributed by atoms with E-state index in [1.807, 2.05) is 17.5 Å². The minimum atomic E-state index is 0.655. The Hall–Kier alpha value is -1.96. The van der Waals surface area contributed by atoms with E-state index in [9.17, 15) is 0 Å². The summed E-state index contributed by atoms with van der Waals surface area (Å²) in [5.41, 5.74) is 3.52. The van der Waals surface area contributed by atoms with Crippen LogP contribution < -0.4 is 0 Å². The van der Waals surface area contributed by atoms with Crippen molar-refractivity contribution in [1.29, 1.82) is 0 Å². The van der Waals surface area contributed by atoms with E-state index in [0.717, 1.165) is 21.3 Å². The Kier molecular flexibility index (Phi) is 4.96. The van der Waals surface area contributed by atoms with Crippen LogP contribution in [-0.4, -0.2) is 15.1 Å². The Morgan fingerprint density at radius 3 is 2.72 bits per heavy atom. The molecule has 0 bridgehead atoms. The zero-order valence-corrected chi connectivity index (χ0v) is 16.0. The summed E-state index contributed by atoms with van der Waals surface area (Å²) in [5.74, 6) is 2.85. The Labute approximate surface area is 158 Å². The van der Waals surface area contributed by atoms with E-state index >= 15 is 0 Å². The lowest BCUT2D eigenvalue weighted by molar-refractivity contribution is 0.392. The molecule has 4 nitrogen and oxygen atoms in total. The fourth-order valence-corrected chi connectivity index (χ4v) is 4.60. The number of thiophene rings is 1. The second-order valence-electron chi connectivity index (χ2n) is 5.49. The first-order valence-corrected chi connectivity index (χ1v) is 10.6. The molecule has 0 radical (unpaired) electrons. The van der Waals surface area contributed by atoms with Gasteiger partial charge in [-0.3, -0.25) is 0 Å². The zero-order chi connectivity index (χ0) is 17.1. The van der Waals surface area contributed by atoms with Crippen molar-refractivity contribution in [3.8, 4) is 21.3 Å². The van der Waals surface area contributed by atoms with Crippen molar-refractivity contribution >= 4 is 34.4 Å². The molecule has 0 amide bonds. The molecule has 0 aliphatic rings. The number of thiazole rings is 1. The van der Waals surface area contributed by atoms with Crippen molar-refractivity contribution in [2.24, 2.45) is 0 Å². The number of nitrogens with zero attached hydrogens (tertiary/aromatic N) is 3. The van der Waals surface area contributed by atoms with Crippen molar-refractivity contribution < 1.29 is 4.52 Å². The van der Waals surface area contributed by atoms with E-state index in [4.69, 9.17) is 9.51 Å². The molecule has 0 aliphatic heterocycles. The van der Waals surface area contributed by atoms with Crippen molar-refractivity contribution in [3.63, 3.8) is 0 Å². The van der Waals surface area contributed by atoms with Gasteiger partial charge in [0.15, 0.2) is 0 Å². The van der Waals surface area contributed by atoms with Crippen molar-refractivity contribution in [3.05, 3.63) is 64.3 Å². The normalized spacial score (nSPS) is 11.1. The summed E-state index contributed by atoms with van der Waals surface area (Å²) < 4.78 is 5.32. The van der Waals surface area contributed by atoms with Gasteiger partial charge < -0.3 is 4.52 Å². The topological polar surface area (TPSA) is 51.8 Å². The standard InChI is InChI=1S/C18H15N3OS3/c1-12-4-6-13(7-5-12)18-19-14(10-25-18)9-23-11-16-20-17(21-22-16)15-3-2-8-24-15/h2-8,10H,9,11H2,1H3. The number of hydrogen-bond donors (Lipinski definition) is 0. The van der Waals surface area contributed by atoms with Crippen molar-refractivity contribution in [2.75, 3.05) is 0 Å². The molecule has 0 aliphatic carbocycles. The second-order valence-corrected chi connectivity index (χ2v) is 8.28. The highest BCUT2D eigenvalue weighted by atomic mass is 32.2. The maximum atomic E-state index is 5.32. The van der Waals surface area contributed by atoms with Crippen LogP contribution in [0.15, 0.2) is 51.7 Å². The van der Waals surface area contributed by atoms with Crippen LogP contribution in [0, 0.1) is 6.92 Å². The largest absolute Gasteiger partial charge is 0.338 e. The highest BCUT2D eigenvalue weighted by Crippen LogP contribution is 2.27. The van der Waals surface area contributed by atoms with E-state index in [1.165, 1.54) is 11.1 Å². The van der Waals surface area contributed by atoms with Gasteiger partial charge in [0.2, 0.25) is 11.7 Å². The molecule has 7 heteroatoms. The van der Waals surface area contributed by atoms with Gasteiger partial charge in [-0.05, 0) is 18.4 Å². The van der Waals surface area contributed by atoms with Gasteiger partial charge in [0.05, 0.1) is 16.3 Å². The molecule has 25 heavy (non-hydrogen) atoms. The van der Waals surface area contributed by atoms with Gasteiger partial charge in [-0.15, -0.1) is 34.4 Å². The predicted molar refractivity (Wildman–Crippen MR) is 105 cm³/mol. The Morgan fingerprint density at radius 1 is 1.04 bits per heavy atom. The Bertz CT molecular complexity index is 942. The molecule has 0 unspecified atom stereocenters. The number of benzene rings is 1. The monoisotopic (exact) mass is 385 g/mol. The molecule has 126 valence electrons. The van der Waals surface area contributed by atoms with Gasteiger partial charge in [-0.2, -0.15) is 4.98 Å². The molecule has 0 fully saturated rings. The van der Waals surface area contributed by atoms with Crippen LogP contribution in [0.25, 0.3) is 21.3 Å². The van der Waals surface area contributed by atoms with E-state index in [-0.39, 0.29) is 0 Å². The Morgan fingerprint density at radius 2 is 1.92 bits per heavy atom. The third-order valence-corrected chi connectivity index (χ3v) is 6.29. The lowest BCUT2D eigenvalue weighted by atomic mass is 10.2. The third-order valence-electron chi connectivity index (χ3n) is 3.54. The van der Waals surface area contributed by atoms with E-state index in [0.29, 0.717) is 17.5 Å². The van der Waals surface area contributed by atoms with Crippen LogP contribution in [-0.2, 0) is 11.5 Å². The van der Waals surface area contributed by atoms with Crippen LogP contribution in [0.3, 0.4) is 0 Å². The summed E-state index contributed by atoms with van der Waals surface area (Å²) in [6.45, 7) is 2.09. The van der Waals surface area contributed by atoms with Gasteiger partial charge in [0.25, 0.3) is 0 Å². The molecular formula is C18H15N3OS3. The number of aryl methyl sites for hydroxylation is 1. The van der Waals surface area contributed by atoms with Crippen LogP contribution in [0.1, 0.15) is 17.1 Å². The maximum Gasteiger partial charge on any atom is 0.236 e. The number of rotatable bonds is 6. The second kappa shape index (κ2) is 7.51. The molecular weight excluding hydrogens is 370 g/mol. The molecule has 4 aromatic rings. The maximum absolute atomic E-state index is 5.32. The van der Waals surface area contributed by atoms with Gasteiger partial charge in [-0.1, -0.05) is 41.1 Å². The van der Waals surface area contributed by atoms with E-state index in [1.54, 1.807) is 34.4 Å². The molecule has 3 heterocycles. The van der Waals surface area contributed by atoms with Crippen molar-refractivity contribution in [2.45, 2.75) is 18.4 Å². The fourth-order valence-electron chi connectivity index (χ4n) is 2.26. The van der Waals surface area contributed by atoms with Crippen LogP contribution in [0.4, 0.5) is 0 Å². The van der Waals surface area contributed by atoms with Crippen LogP contribution >= 0.6 is 34.4 Å². The summed E-state index contributed by atoms with van der Waals surface area (Å²) in [6, 6.07) is 12.5. The minimum absolute atomic E-state index is 0.655. The predicted octanol–water partition coefficient (Wildman–Crippen LogP) is 5.66. The average molecular weight is 386 g/mol. The highest BCUT2D eigenvalue weighted by Gasteiger charge is 2.10. The quantitative estimate of drug-likeness (QED) is 0.428. The Balaban J connectivity index is 1.34. The van der Waals surface area contributed by atoms with Crippen molar-refractivity contribution in [1.82, 2.24) is 15.1 Å². The summed E-state index contributed by atoms with van der Waals surface area (Å²) in [4.78, 5) is 10.2. The average Bonchev–Trinajstić information content (AvgIpc) is 3.37. The summed E-state index contributed by atoms with van der Waals surface area (Å²) in [6.07, 6.45) is 0. The number of hydrogen-bond acceptors (Lipinski definition) is 7. The molecule has 4 rings (SSSR count). The summed E-state index contributed by atoms with van der Waals surface area (Å²) >= 11 is 5.03. The smallest absolute Gasteiger partial charge is 0.236 e. The molecule has 0 atom stereocenters. The molecule has 0 saturated carbocycles. The molecule has 0 N–H and O–H groups in total. The molecule has 0 spiro atoms. The van der Waals surface area contributed by atoms with Gasteiger partial charge in [0, 0.05) is 16.7 Å². The van der Waals surface area contributed by atoms with Crippen LogP contribution in [0.2, 0.25) is 0 Å². The van der Waals surface area contributed by atoms with Crippen LogP contribution in [0.5, 0.6) is 0 Å².